The van der Waals surface area contributed by atoms with Gasteiger partial charge in [0, 0.05) is 10.9 Å². The van der Waals surface area contributed by atoms with E-state index in [4.69, 9.17) is 0 Å². The zero-order chi connectivity index (χ0) is 12.3. The van der Waals surface area contributed by atoms with Crippen molar-refractivity contribution in [2.24, 2.45) is 0 Å². The SMILES string of the molecule is O=C(NCC(F)F)c1ccc([C@H]2CCCN2)s1. The minimum atomic E-state index is -2.50. The van der Waals surface area contributed by atoms with Gasteiger partial charge in [-0.2, -0.15) is 0 Å². The van der Waals surface area contributed by atoms with Crippen LogP contribution in [0.4, 0.5) is 8.78 Å². The molecule has 1 fully saturated rings. The molecule has 3 nitrogen and oxygen atoms in total. The Bertz CT molecular complexity index is 389. The molecular formula is C11H14F2N2OS. The number of carbonyl (C=O) groups is 1. The maximum atomic E-state index is 11.9. The van der Waals surface area contributed by atoms with E-state index in [9.17, 15) is 13.6 Å². The number of hydrogen-bond donors (Lipinski definition) is 2. The summed E-state index contributed by atoms with van der Waals surface area (Å²) in [7, 11) is 0. The fraction of sp³-hybridized carbons (Fsp3) is 0.545. The van der Waals surface area contributed by atoms with E-state index in [-0.39, 0.29) is 0 Å². The van der Waals surface area contributed by atoms with Gasteiger partial charge in [0.2, 0.25) is 0 Å². The average Bonchev–Trinajstić information content (AvgIpc) is 2.94. The summed E-state index contributed by atoms with van der Waals surface area (Å²) in [5.41, 5.74) is 0. The molecule has 0 bridgehead atoms. The molecular weight excluding hydrogens is 246 g/mol. The molecule has 0 spiro atoms. The Balaban J connectivity index is 1.95. The number of amides is 1. The van der Waals surface area contributed by atoms with Crippen LogP contribution in [0.3, 0.4) is 0 Å². The predicted octanol–water partition coefficient (Wildman–Crippen LogP) is 2.17. The van der Waals surface area contributed by atoms with E-state index in [0.717, 1.165) is 24.3 Å². The summed E-state index contributed by atoms with van der Waals surface area (Å²) in [6, 6.07) is 3.91. The Morgan fingerprint density at radius 3 is 3.06 bits per heavy atom. The lowest BCUT2D eigenvalue weighted by atomic mass is 10.2. The minimum Gasteiger partial charge on any atom is -0.346 e. The fourth-order valence-corrected chi connectivity index (χ4v) is 2.88. The second kappa shape index (κ2) is 5.55. The third-order valence-corrected chi connectivity index (χ3v) is 3.87. The number of thiophene rings is 1. The van der Waals surface area contributed by atoms with Crippen LogP contribution in [0.2, 0.25) is 0 Å². The van der Waals surface area contributed by atoms with Crippen molar-refractivity contribution >= 4 is 17.2 Å². The van der Waals surface area contributed by atoms with Crippen LogP contribution in [0.1, 0.15) is 33.4 Å². The van der Waals surface area contributed by atoms with Crippen molar-refractivity contribution in [2.45, 2.75) is 25.3 Å². The third kappa shape index (κ3) is 3.23. The van der Waals surface area contributed by atoms with Crippen LogP contribution < -0.4 is 10.6 Å². The second-order valence-corrected chi connectivity index (χ2v) is 5.07. The van der Waals surface area contributed by atoms with E-state index < -0.39 is 18.9 Å². The molecule has 1 saturated heterocycles. The first-order chi connectivity index (χ1) is 8.16. The highest BCUT2D eigenvalue weighted by Crippen LogP contribution is 2.29. The summed E-state index contributed by atoms with van der Waals surface area (Å²) >= 11 is 1.37. The lowest BCUT2D eigenvalue weighted by Gasteiger charge is -2.06. The van der Waals surface area contributed by atoms with Crippen molar-refractivity contribution in [1.82, 2.24) is 10.6 Å². The van der Waals surface area contributed by atoms with Gasteiger partial charge in [-0.05, 0) is 31.5 Å². The lowest BCUT2D eigenvalue weighted by molar-refractivity contribution is 0.0895. The van der Waals surface area contributed by atoms with E-state index in [1.807, 2.05) is 6.07 Å². The van der Waals surface area contributed by atoms with Gasteiger partial charge in [0.25, 0.3) is 12.3 Å². The molecule has 0 aromatic carbocycles. The Morgan fingerprint density at radius 2 is 2.41 bits per heavy atom. The smallest absolute Gasteiger partial charge is 0.261 e. The van der Waals surface area contributed by atoms with Crippen LogP contribution >= 0.6 is 11.3 Å². The Labute approximate surface area is 102 Å². The third-order valence-electron chi connectivity index (χ3n) is 2.67. The second-order valence-electron chi connectivity index (χ2n) is 3.95. The van der Waals surface area contributed by atoms with Crippen LogP contribution in [0.15, 0.2) is 12.1 Å². The molecule has 1 aromatic heterocycles. The Kier molecular flexibility index (Phi) is 4.06. The Hall–Kier alpha value is -1.01. The van der Waals surface area contributed by atoms with Crippen LogP contribution in [-0.4, -0.2) is 25.4 Å². The molecule has 94 valence electrons. The maximum Gasteiger partial charge on any atom is 0.261 e. The number of rotatable bonds is 4. The molecule has 1 aliphatic heterocycles. The van der Waals surface area contributed by atoms with Crippen molar-refractivity contribution in [3.05, 3.63) is 21.9 Å². The van der Waals surface area contributed by atoms with Crippen LogP contribution in [0, 0.1) is 0 Å². The molecule has 1 aliphatic rings. The summed E-state index contributed by atoms with van der Waals surface area (Å²) < 4.78 is 23.9. The molecule has 0 aliphatic carbocycles. The first-order valence-electron chi connectivity index (χ1n) is 5.56. The van der Waals surface area contributed by atoms with Gasteiger partial charge in [0.05, 0.1) is 11.4 Å². The molecule has 0 radical (unpaired) electrons. The first-order valence-corrected chi connectivity index (χ1v) is 6.38. The molecule has 2 heterocycles. The molecule has 6 heteroatoms. The average molecular weight is 260 g/mol. The number of hydrogen-bond acceptors (Lipinski definition) is 3. The normalized spacial score (nSPS) is 19.8. The summed E-state index contributed by atoms with van der Waals surface area (Å²) in [6.07, 6.45) is -0.302. The van der Waals surface area contributed by atoms with E-state index >= 15 is 0 Å². The monoisotopic (exact) mass is 260 g/mol. The zero-order valence-electron chi connectivity index (χ0n) is 9.21. The van der Waals surface area contributed by atoms with Gasteiger partial charge in [-0.15, -0.1) is 11.3 Å². The van der Waals surface area contributed by atoms with Crippen LogP contribution in [0.25, 0.3) is 0 Å². The van der Waals surface area contributed by atoms with Gasteiger partial charge in [0.1, 0.15) is 0 Å². The summed E-state index contributed by atoms with van der Waals surface area (Å²) in [4.78, 5) is 13.1. The molecule has 0 saturated carbocycles. The zero-order valence-corrected chi connectivity index (χ0v) is 10.0. The molecule has 1 aromatic rings. The van der Waals surface area contributed by atoms with Crippen molar-refractivity contribution in [2.75, 3.05) is 13.1 Å². The topological polar surface area (TPSA) is 41.1 Å². The molecule has 1 amide bonds. The van der Waals surface area contributed by atoms with E-state index in [0.29, 0.717) is 10.9 Å². The maximum absolute atomic E-state index is 11.9. The van der Waals surface area contributed by atoms with Crippen molar-refractivity contribution in [3.8, 4) is 0 Å². The number of nitrogens with one attached hydrogen (secondary N) is 2. The standard InChI is InChI=1S/C11H14F2N2OS/c12-10(13)6-15-11(16)9-4-3-8(17-9)7-2-1-5-14-7/h3-4,7,10,14H,1-2,5-6H2,(H,15,16)/t7-/m1/s1. The predicted molar refractivity (Wildman–Crippen MR) is 62.6 cm³/mol. The van der Waals surface area contributed by atoms with Crippen molar-refractivity contribution in [1.29, 1.82) is 0 Å². The number of carbonyl (C=O) groups excluding carboxylic acids is 1. The van der Waals surface area contributed by atoms with Crippen molar-refractivity contribution < 1.29 is 13.6 Å². The molecule has 1 atom stereocenters. The van der Waals surface area contributed by atoms with Gasteiger partial charge in [-0.1, -0.05) is 0 Å². The highest BCUT2D eigenvalue weighted by molar-refractivity contribution is 7.14. The van der Waals surface area contributed by atoms with Crippen LogP contribution in [0.5, 0.6) is 0 Å². The lowest BCUT2D eigenvalue weighted by Crippen LogP contribution is -2.27. The van der Waals surface area contributed by atoms with Crippen LogP contribution in [-0.2, 0) is 0 Å². The van der Waals surface area contributed by atoms with E-state index in [1.165, 1.54) is 11.3 Å². The van der Waals surface area contributed by atoms with Gasteiger partial charge in [-0.3, -0.25) is 4.79 Å². The summed E-state index contributed by atoms with van der Waals surface area (Å²) in [6.45, 7) is 0.406. The Morgan fingerprint density at radius 1 is 1.59 bits per heavy atom. The summed E-state index contributed by atoms with van der Waals surface area (Å²) in [5, 5.41) is 5.54. The summed E-state index contributed by atoms with van der Waals surface area (Å²) in [5.74, 6) is -0.417. The molecule has 17 heavy (non-hydrogen) atoms. The molecule has 2 rings (SSSR count). The number of halogens is 2. The largest absolute Gasteiger partial charge is 0.346 e. The number of alkyl halides is 2. The fourth-order valence-electron chi connectivity index (χ4n) is 1.85. The van der Waals surface area contributed by atoms with E-state index in [2.05, 4.69) is 10.6 Å². The highest BCUT2D eigenvalue weighted by atomic mass is 32.1. The van der Waals surface area contributed by atoms with E-state index in [1.54, 1.807) is 6.07 Å². The highest BCUT2D eigenvalue weighted by Gasteiger charge is 2.19. The first kappa shape index (κ1) is 12.4. The van der Waals surface area contributed by atoms with Gasteiger partial charge >= 0.3 is 0 Å². The molecule has 0 unspecified atom stereocenters. The quantitative estimate of drug-likeness (QED) is 0.871. The molecule has 2 N–H and O–H groups in total. The van der Waals surface area contributed by atoms with Crippen molar-refractivity contribution in [3.63, 3.8) is 0 Å². The minimum absolute atomic E-state index is 0.316. The van der Waals surface area contributed by atoms with Gasteiger partial charge in [-0.25, -0.2) is 8.78 Å². The van der Waals surface area contributed by atoms with Gasteiger partial charge < -0.3 is 10.6 Å². The van der Waals surface area contributed by atoms with Gasteiger partial charge in [0.15, 0.2) is 0 Å².